The molecular formula is C14H27NO6. The molecule has 1 amide bonds. The zero-order valence-electron chi connectivity index (χ0n) is 13.3. The molecule has 7 nitrogen and oxygen atoms in total. The monoisotopic (exact) mass is 305 g/mol. The SMILES string of the molecule is C[C@H]1[C@H](O)[C@H](C)[C@@](CO)(NC(=O)OC(C)(C)C)O[C@@H]1CO. The second-order valence-corrected chi connectivity index (χ2v) is 6.65. The van der Waals surface area contributed by atoms with Crippen LogP contribution in [-0.4, -0.2) is 58.2 Å². The number of aliphatic hydroxyl groups is 3. The summed E-state index contributed by atoms with van der Waals surface area (Å²) in [5.74, 6) is -0.877. The van der Waals surface area contributed by atoms with E-state index in [0.717, 1.165) is 0 Å². The molecule has 0 aliphatic carbocycles. The molecule has 0 aromatic carbocycles. The Hall–Kier alpha value is -0.890. The molecule has 4 N–H and O–H groups in total. The van der Waals surface area contributed by atoms with Gasteiger partial charge < -0.3 is 24.8 Å². The van der Waals surface area contributed by atoms with E-state index in [1.807, 2.05) is 0 Å². The van der Waals surface area contributed by atoms with Gasteiger partial charge in [0.2, 0.25) is 0 Å². The van der Waals surface area contributed by atoms with E-state index in [2.05, 4.69) is 5.32 Å². The van der Waals surface area contributed by atoms with Gasteiger partial charge in [0.1, 0.15) is 5.60 Å². The maximum Gasteiger partial charge on any atom is 0.409 e. The Kier molecular flexibility index (Phi) is 5.60. The van der Waals surface area contributed by atoms with Crippen LogP contribution in [0.1, 0.15) is 34.6 Å². The molecule has 5 atom stereocenters. The summed E-state index contributed by atoms with van der Waals surface area (Å²) in [6, 6.07) is 0. The first-order valence-electron chi connectivity index (χ1n) is 7.15. The van der Waals surface area contributed by atoms with Crippen LogP contribution in [0.3, 0.4) is 0 Å². The lowest BCUT2D eigenvalue weighted by Gasteiger charge is -2.49. The molecule has 0 unspecified atom stereocenters. The molecule has 1 heterocycles. The third-order valence-electron chi connectivity index (χ3n) is 3.86. The number of aliphatic hydroxyl groups excluding tert-OH is 3. The number of rotatable bonds is 3. The number of hydrogen-bond acceptors (Lipinski definition) is 6. The fourth-order valence-corrected chi connectivity index (χ4v) is 2.48. The summed E-state index contributed by atoms with van der Waals surface area (Å²) in [7, 11) is 0. The molecule has 0 saturated carbocycles. The molecule has 1 saturated heterocycles. The van der Waals surface area contributed by atoms with Crippen LogP contribution in [-0.2, 0) is 9.47 Å². The van der Waals surface area contributed by atoms with E-state index in [1.165, 1.54) is 0 Å². The normalized spacial score (nSPS) is 37.1. The van der Waals surface area contributed by atoms with Gasteiger partial charge in [-0.3, -0.25) is 5.32 Å². The highest BCUT2D eigenvalue weighted by Crippen LogP contribution is 2.36. The van der Waals surface area contributed by atoms with Gasteiger partial charge in [-0.2, -0.15) is 0 Å². The standard InChI is InChI=1S/C14H27NO6/c1-8-10(6-16)20-14(7-17,9(2)11(8)18)15-12(19)21-13(3,4)5/h8-11,16-18H,6-7H2,1-5H3,(H,15,19)/t8-,9+,10-,11+,14+/m1/s1. The highest BCUT2D eigenvalue weighted by atomic mass is 16.6. The van der Waals surface area contributed by atoms with Crippen molar-refractivity contribution in [2.24, 2.45) is 11.8 Å². The van der Waals surface area contributed by atoms with Gasteiger partial charge in [-0.25, -0.2) is 4.79 Å². The Labute approximate surface area is 125 Å². The smallest absolute Gasteiger partial charge is 0.409 e. The zero-order valence-corrected chi connectivity index (χ0v) is 13.3. The summed E-state index contributed by atoms with van der Waals surface area (Å²) in [4.78, 5) is 12.0. The van der Waals surface area contributed by atoms with Gasteiger partial charge in [0.15, 0.2) is 5.72 Å². The van der Waals surface area contributed by atoms with Crippen LogP contribution in [0.25, 0.3) is 0 Å². The Morgan fingerprint density at radius 1 is 1.33 bits per heavy atom. The maximum absolute atomic E-state index is 12.0. The summed E-state index contributed by atoms with van der Waals surface area (Å²) in [5.41, 5.74) is -2.18. The minimum absolute atomic E-state index is 0.315. The molecule has 0 bridgehead atoms. The van der Waals surface area contributed by atoms with Gasteiger partial charge >= 0.3 is 6.09 Å². The molecule has 1 rings (SSSR count). The van der Waals surface area contributed by atoms with Crippen LogP contribution >= 0.6 is 0 Å². The van der Waals surface area contributed by atoms with Crippen molar-refractivity contribution >= 4 is 6.09 Å². The van der Waals surface area contributed by atoms with Crippen molar-refractivity contribution < 1.29 is 29.6 Å². The number of ether oxygens (including phenoxy) is 2. The zero-order chi connectivity index (χ0) is 16.4. The first kappa shape index (κ1) is 18.2. The van der Waals surface area contributed by atoms with Crippen LogP contribution in [0.2, 0.25) is 0 Å². The molecule has 0 aromatic heterocycles. The minimum Gasteiger partial charge on any atom is -0.444 e. The van der Waals surface area contributed by atoms with Gasteiger partial charge in [-0.1, -0.05) is 13.8 Å². The number of alkyl carbamates (subject to hydrolysis) is 1. The highest BCUT2D eigenvalue weighted by Gasteiger charge is 2.51. The molecule has 1 aliphatic heterocycles. The van der Waals surface area contributed by atoms with Crippen molar-refractivity contribution in [3.05, 3.63) is 0 Å². The third-order valence-corrected chi connectivity index (χ3v) is 3.86. The first-order chi connectivity index (χ1) is 9.56. The van der Waals surface area contributed by atoms with Gasteiger partial charge in [-0.05, 0) is 20.8 Å². The average molecular weight is 305 g/mol. The predicted octanol–water partition coefficient (Wildman–Crippen LogP) is 0.224. The number of nitrogens with one attached hydrogen (secondary N) is 1. The summed E-state index contributed by atoms with van der Waals surface area (Å²) in [6.45, 7) is 7.72. The van der Waals surface area contributed by atoms with Crippen LogP contribution < -0.4 is 5.32 Å². The van der Waals surface area contributed by atoms with Gasteiger partial charge in [0.05, 0.1) is 25.4 Å². The number of amides is 1. The maximum atomic E-state index is 12.0. The van der Waals surface area contributed by atoms with E-state index in [9.17, 15) is 20.1 Å². The molecule has 21 heavy (non-hydrogen) atoms. The van der Waals surface area contributed by atoms with Crippen molar-refractivity contribution in [2.45, 2.75) is 58.2 Å². The third kappa shape index (κ3) is 4.06. The molecular weight excluding hydrogens is 278 g/mol. The fraction of sp³-hybridized carbons (Fsp3) is 0.929. The highest BCUT2D eigenvalue weighted by molar-refractivity contribution is 5.68. The Bertz CT molecular complexity index is 367. The summed E-state index contributed by atoms with van der Waals surface area (Å²) >= 11 is 0. The average Bonchev–Trinajstić information content (AvgIpc) is 2.37. The summed E-state index contributed by atoms with van der Waals surface area (Å²) in [5, 5.41) is 31.8. The molecule has 7 heteroatoms. The Morgan fingerprint density at radius 3 is 2.33 bits per heavy atom. The first-order valence-corrected chi connectivity index (χ1v) is 7.15. The van der Waals surface area contributed by atoms with Crippen LogP contribution in [0.5, 0.6) is 0 Å². The van der Waals surface area contributed by atoms with E-state index in [4.69, 9.17) is 9.47 Å². The topological polar surface area (TPSA) is 108 Å². The van der Waals surface area contributed by atoms with Crippen molar-refractivity contribution in [2.75, 3.05) is 13.2 Å². The molecule has 124 valence electrons. The molecule has 1 fully saturated rings. The van der Waals surface area contributed by atoms with E-state index >= 15 is 0 Å². The fourth-order valence-electron chi connectivity index (χ4n) is 2.48. The van der Waals surface area contributed by atoms with Crippen LogP contribution in [0, 0.1) is 11.8 Å². The predicted molar refractivity (Wildman–Crippen MR) is 75.5 cm³/mol. The van der Waals surface area contributed by atoms with Crippen molar-refractivity contribution in [1.82, 2.24) is 5.32 Å². The lowest BCUT2D eigenvalue weighted by Crippen LogP contribution is -2.67. The molecule has 0 spiro atoms. The lowest BCUT2D eigenvalue weighted by atomic mass is 9.79. The Morgan fingerprint density at radius 2 is 1.90 bits per heavy atom. The van der Waals surface area contributed by atoms with Crippen molar-refractivity contribution in [3.63, 3.8) is 0 Å². The number of carbonyl (C=O) groups is 1. The van der Waals surface area contributed by atoms with E-state index in [1.54, 1.807) is 34.6 Å². The van der Waals surface area contributed by atoms with Crippen molar-refractivity contribution in [3.8, 4) is 0 Å². The molecule has 1 aliphatic rings. The minimum atomic E-state index is -1.48. The summed E-state index contributed by atoms with van der Waals surface area (Å²) in [6.07, 6.45) is -2.27. The second kappa shape index (κ2) is 6.48. The Balaban J connectivity index is 2.93. The van der Waals surface area contributed by atoms with E-state index in [-0.39, 0.29) is 12.5 Å². The van der Waals surface area contributed by atoms with Crippen molar-refractivity contribution in [1.29, 1.82) is 0 Å². The van der Waals surface area contributed by atoms with Gasteiger partial charge in [0.25, 0.3) is 0 Å². The summed E-state index contributed by atoms with van der Waals surface area (Å²) < 4.78 is 10.8. The van der Waals surface area contributed by atoms with Gasteiger partial charge in [0, 0.05) is 11.8 Å². The number of carbonyl (C=O) groups excluding carboxylic acids is 1. The van der Waals surface area contributed by atoms with E-state index in [0.29, 0.717) is 0 Å². The molecule has 0 radical (unpaired) electrons. The molecule has 0 aromatic rings. The lowest BCUT2D eigenvalue weighted by molar-refractivity contribution is -0.251. The number of hydrogen-bond donors (Lipinski definition) is 4. The van der Waals surface area contributed by atoms with Gasteiger partial charge in [-0.15, -0.1) is 0 Å². The second-order valence-electron chi connectivity index (χ2n) is 6.65. The van der Waals surface area contributed by atoms with Crippen LogP contribution in [0.15, 0.2) is 0 Å². The largest absolute Gasteiger partial charge is 0.444 e. The van der Waals surface area contributed by atoms with Crippen LogP contribution in [0.4, 0.5) is 4.79 Å². The quantitative estimate of drug-likeness (QED) is 0.594. The van der Waals surface area contributed by atoms with E-state index < -0.39 is 42.2 Å².